The SMILES string of the molecule is COCCCCc1cc(C(F)(F)F)ccc1[C@H]1CCOc2cc(S(=O)(=O)Nc3cccnn3)ccc21. The molecule has 2 heterocycles. The van der Waals surface area contributed by atoms with Crippen LogP contribution in [0.1, 0.15) is 47.4 Å². The van der Waals surface area contributed by atoms with Crippen molar-refractivity contribution >= 4 is 15.8 Å². The molecule has 1 N–H and O–H groups in total. The Morgan fingerprint density at radius 2 is 1.92 bits per heavy atom. The number of alkyl halides is 3. The molecule has 7 nitrogen and oxygen atoms in total. The zero-order valence-corrected chi connectivity index (χ0v) is 20.4. The fourth-order valence-corrected chi connectivity index (χ4v) is 5.32. The van der Waals surface area contributed by atoms with E-state index in [9.17, 15) is 21.6 Å². The van der Waals surface area contributed by atoms with Gasteiger partial charge in [-0.05, 0) is 67.1 Å². The van der Waals surface area contributed by atoms with Crippen molar-refractivity contribution in [1.82, 2.24) is 10.2 Å². The molecule has 0 saturated carbocycles. The number of hydrogen-bond acceptors (Lipinski definition) is 6. The van der Waals surface area contributed by atoms with E-state index in [-0.39, 0.29) is 16.6 Å². The first-order valence-corrected chi connectivity index (χ1v) is 12.9. The van der Waals surface area contributed by atoms with Crippen LogP contribution in [0.5, 0.6) is 5.75 Å². The number of halogens is 3. The van der Waals surface area contributed by atoms with Gasteiger partial charge in [-0.15, -0.1) is 5.10 Å². The molecular weight excluding hydrogens is 495 g/mol. The number of rotatable bonds is 9. The number of sulfonamides is 1. The smallest absolute Gasteiger partial charge is 0.416 e. The van der Waals surface area contributed by atoms with Gasteiger partial charge in [-0.25, -0.2) is 8.42 Å². The fourth-order valence-electron chi connectivity index (χ4n) is 4.31. The summed E-state index contributed by atoms with van der Waals surface area (Å²) in [6, 6.07) is 11.5. The van der Waals surface area contributed by atoms with Crippen molar-refractivity contribution in [3.8, 4) is 5.75 Å². The van der Waals surface area contributed by atoms with Crippen LogP contribution in [0, 0.1) is 0 Å². The molecule has 0 spiro atoms. The molecule has 1 aromatic heterocycles. The molecule has 1 aliphatic heterocycles. The average molecular weight is 522 g/mol. The Kier molecular flexibility index (Phi) is 7.79. The number of nitrogens with one attached hydrogen (secondary N) is 1. The topological polar surface area (TPSA) is 90.4 Å². The van der Waals surface area contributed by atoms with Crippen LogP contribution in [0.3, 0.4) is 0 Å². The number of benzene rings is 2. The number of hydrogen-bond donors (Lipinski definition) is 1. The van der Waals surface area contributed by atoms with Gasteiger partial charge in [0.15, 0.2) is 5.82 Å². The van der Waals surface area contributed by atoms with Crippen LogP contribution in [0.15, 0.2) is 59.6 Å². The van der Waals surface area contributed by atoms with Crippen molar-refractivity contribution in [3.05, 3.63) is 77.0 Å². The lowest BCUT2D eigenvalue weighted by molar-refractivity contribution is -0.137. The highest BCUT2D eigenvalue weighted by Crippen LogP contribution is 2.42. The Hall–Kier alpha value is -3.18. The molecule has 0 unspecified atom stereocenters. The summed E-state index contributed by atoms with van der Waals surface area (Å²) in [6.07, 6.45) is -0.554. The van der Waals surface area contributed by atoms with Crippen molar-refractivity contribution in [3.63, 3.8) is 0 Å². The largest absolute Gasteiger partial charge is 0.493 e. The van der Waals surface area contributed by atoms with Gasteiger partial charge in [0.05, 0.1) is 17.1 Å². The van der Waals surface area contributed by atoms with Gasteiger partial charge < -0.3 is 9.47 Å². The van der Waals surface area contributed by atoms with Crippen LogP contribution >= 0.6 is 0 Å². The summed E-state index contributed by atoms with van der Waals surface area (Å²) in [5, 5.41) is 7.40. The van der Waals surface area contributed by atoms with E-state index in [1.54, 1.807) is 19.2 Å². The van der Waals surface area contributed by atoms with Gasteiger partial charge >= 0.3 is 6.18 Å². The summed E-state index contributed by atoms with van der Waals surface area (Å²) in [7, 11) is -2.36. The van der Waals surface area contributed by atoms with Gasteiger partial charge in [0.25, 0.3) is 10.0 Å². The number of ether oxygens (including phenoxy) is 2. The number of nitrogens with zero attached hydrogens (tertiary/aromatic N) is 2. The number of unbranched alkanes of at least 4 members (excludes halogenated alkanes) is 1. The molecule has 0 aliphatic carbocycles. The highest BCUT2D eigenvalue weighted by molar-refractivity contribution is 7.92. The highest BCUT2D eigenvalue weighted by atomic mass is 32.2. The minimum absolute atomic E-state index is 0.0141. The van der Waals surface area contributed by atoms with E-state index in [0.717, 1.165) is 23.6 Å². The second kappa shape index (κ2) is 10.8. The van der Waals surface area contributed by atoms with Crippen molar-refractivity contribution in [2.75, 3.05) is 25.0 Å². The lowest BCUT2D eigenvalue weighted by Crippen LogP contribution is -2.19. The van der Waals surface area contributed by atoms with Gasteiger partial charge in [0, 0.05) is 37.5 Å². The zero-order chi connectivity index (χ0) is 25.8. The van der Waals surface area contributed by atoms with Crippen LogP contribution in [0.2, 0.25) is 0 Å². The lowest BCUT2D eigenvalue weighted by atomic mass is 9.82. The van der Waals surface area contributed by atoms with Gasteiger partial charge in [0.2, 0.25) is 0 Å². The molecule has 4 rings (SSSR count). The molecule has 11 heteroatoms. The molecule has 1 aliphatic rings. The quantitative estimate of drug-likeness (QED) is 0.390. The Balaban J connectivity index is 1.66. The molecular formula is C25H26F3N3O4S. The van der Waals surface area contributed by atoms with Crippen molar-refractivity contribution in [2.45, 2.75) is 42.7 Å². The molecule has 0 radical (unpaired) electrons. The molecule has 0 amide bonds. The van der Waals surface area contributed by atoms with E-state index in [4.69, 9.17) is 9.47 Å². The third-order valence-corrected chi connectivity index (χ3v) is 7.39. The lowest BCUT2D eigenvalue weighted by Gasteiger charge is -2.29. The molecule has 192 valence electrons. The first kappa shape index (κ1) is 25.9. The summed E-state index contributed by atoms with van der Waals surface area (Å²) in [6.45, 7) is 0.844. The zero-order valence-electron chi connectivity index (χ0n) is 19.6. The molecule has 0 bridgehead atoms. The van der Waals surface area contributed by atoms with Crippen LogP contribution in [0.25, 0.3) is 0 Å². The Labute approximate surface area is 207 Å². The molecule has 0 saturated heterocycles. The van der Waals surface area contributed by atoms with E-state index in [1.165, 1.54) is 36.5 Å². The van der Waals surface area contributed by atoms with E-state index in [0.29, 0.717) is 43.8 Å². The highest BCUT2D eigenvalue weighted by Gasteiger charge is 2.33. The van der Waals surface area contributed by atoms with Gasteiger partial charge in [-0.2, -0.15) is 18.3 Å². The van der Waals surface area contributed by atoms with Gasteiger partial charge in [-0.1, -0.05) is 12.1 Å². The van der Waals surface area contributed by atoms with Crippen LogP contribution in [-0.4, -0.2) is 38.9 Å². The average Bonchev–Trinajstić information content (AvgIpc) is 2.85. The van der Waals surface area contributed by atoms with Crippen molar-refractivity contribution in [2.24, 2.45) is 0 Å². The van der Waals surface area contributed by atoms with Crippen molar-refractivity contribution in [1.29, 1.82) is 0 Å². The molecule has 3 aromatic rings. The predicted molar refractivity (Wildman–Crippen MR) is 127 cm³/mol. The molecule has 36 heavy (non-hydrogen) atoms. The first-order valence-electron chi connectivity index (χ1n) is 11.5. The second-order valence-corrected chi connectivity index (χ2v) is 10.1. The van der Waals surface area contributed by atoms with Gasteiger partial charge in [0.1, 0.15) is 5.75 Å². The van der Waals surface area contributed by atoms with E-state index in [2.05, 4.69) is 14.9 Å². The summed E-state index contributed by atoms with van der Waals surface area (Å²) in [5.41, 5.74) is 1.47. The Bertz CT molecular complexity index is 1300. The summed E-state index contributed by atoms with van der Waals surface area (Å²) >= 11 is 0. The van der Waals surface area contributed by atoms with Crippen molar-refractivity contribution < 1.29 is 31.1 Å². The Morgan fingerprint density at radius 3 is 2.64 bits per heavy atom. The van der Waals surface area contributed by atoms with Gasteiger partial charge in [-0.3, -0.25) is 4.72 Å². The first-order chi connectivity index (χ1) is 17.2. The maximum Gasteiger partial charge on any atom is 0.416 e. The van der Waals surface area contributed by atoms with E-state index in [1.807, 2.05) is 0 Å². The standard InChI is InChI=1S/C25H26F3N3O4S/c1-34-13-3-2-5-17-15-18(25(26,27)28)7-9-20(17)21-11-14-35-23-16-19(8-10-22(21)23)36(32,33)31-24-6-4-12-29-30-24/h4,6-10,12,15-16,21H,2-3,5,11,13-14H2,1H3,(H,30,31)/t21-/m1/s1. The predicted octanol–water partition coefficient (Wildman–Crippen LogP) is 5.18. The summed E-state index contributed by atoms with van der Waals surface area (Å²) in [4.78, 5) is -0.0141. The number of fused-ring (bicyclic) bond motifs is 1. The second-order valence-electron chi connectivity index (χ2n) is 8.47. The minimum Gasteiger partial charge on any atom is -0.493 e. The third kappa shape index (κ3) is 5.96. The summed E-state index contributed by atoms with van der Waals surface area (Å²) < 4.78 is 79.2. The fraction of sp³-hybridized carbons (Fsp3) is 0.360. The maximum absolute atomic E-state index is 13.4. The maximum atomic E-state index is 13.4. The summed E-state index contributed by atoms with van der Waals surface area (Å²) in [5.74, 6) is 0.244. The number of aromatic nitrogens is 2. The molecule has 2 aromatic carbocycles. The number of methoxy groups -OCH3 is 1. The van der Waals surface area contributed by atoms with E-state index < -0.39 is 21.8 Å². The van der Waals surface area contributed by atoms with Crippen LogP contribution in [0.4, 0.5) is 19.0 Å². The van der Waals surface area contributed by atoms with Crippen LogP contribution in [-0.2, 0) is 27.4 Å². The monoisotopic (exact) mass is 521 g/mol. The molecule has 0 fully saturated rings. The molecule has 1 atom stereocenters. The Morgan fingerprint density at radius 1 is 1.11 bits per heavy atom. The third-order valence-electron chi connectivity index (χ3n) is 6.04. The minimum atomic E-state index is -4.44. The number of aryl methyl sites for hydroxylation is 1. The normalized spacial score (nSPS) is 15.7. The van der Waals surface area contributed by atoms with E-state index >= 15 is 0 Å². The number of anilines is 1. The van der Waals surface area contributed by atoms with Crippen LogP contribution < -0.4 is 9.46 Å².